The highest BCUT2D eigenvalue weighted by Crippen LogP contribution is 2.26. The maximum atomic E-state index is 12.7. The van der Waals surface area contributed by atoms with Crippen LogP contribution in [0, 0.1) is 5.41 Å². The first-order chi connectivity index (χ1) is 10.9. The molecule has 0 N–H and O–H groups in total. The van der Waals surface area contributed by atoms with Crippen molar-refractivity contribution in [3.8, 4) is 0 Å². The second-order valence-corrected chi connectivity index (χ2v) is 7.80. The number of carbonyl (C=O) groups is 1. The van der Waals surface area contributed by atoms with Gasteiger partial charge in [-0.25, -0.2) is 0 Å². The third-order valence-electron chi connectivity index (χ3n) is 3.22. The van der Waals surface area contributed by atoms with Gasteiger partial charge < -0.3 is 17.7 Å². The predicted molar refractivity (Wildman–Crippen MR) is 90.7 cm³/mol. The summed E-state index contributed by atoms with van der Waals surface area (Å²) < 4.78 is 22.4. The Bertz CT molecular complexity index is 458. The lowest BCUT2D eigenvalue weighted by molar-refractivity contribution is -0.154. The molecule has 130 valence electrons. The molecule has 0 spiro atoms. The van der Waals surface area contributed by atoms with Gasteiger partial charge in [-0.2, -0.15) is 0 Å². The molecule has 0 aliphatic rings. The maximum Gasteiger partial charge on any atom is 0.751 e. The van der Waals surface area contributed by atoms with E-state index in [-0.39, 0.29) is 5.97 Å². The predicted octanol–water partition coefficient (Wildman–Crippen LogP) is 3.34. The van der Waals surface area contributed by atoms with Crippen LogP contribution in [0.3, 0.4) is 0 Å². The Morgan fingerprint density at radius 2 is 1.43 bits per heavy atom. The van der Waals surface area contributed by atoms with E-state index in [9.17, 15) is 4.79 Å². The molecule has 1 aromatic rings. The van der Waals surface area contributed by atoms with E-state index in [2.05, 4.69) is 0 Å². The first-order valence-electron chi connectivity index (χ1n) is 8.08. The maximum absolute atomic E-state index is 12.7. The molecule has 0 unspecified atom stereocenters. The third kappa shape index (κ3) is 6.06. The molecule has 0 saturated heterocycles. The average molecular weight is 340 g/mol. The summed E-state index contributed by atoms with van der Waals surface area (Å²) in [6.45, 7) is 10.3. The Labute approximate surface area is 140 Å². The fraction of sp³-hybridized carbons (Fsp3) is 0.588. The van der Waals surface area contributed by atoms with E-state index in [4.69, 9.17) is 17.7 Å². The highest BCUT2D eigenvalue weighted by Gasteiger charge is 2.51. The number of benzene rings is 1. The number of rotatable bonds is 10. The minimum absolute atomic E-state index is 0.360. The van der Waals surface area contributed by atoms with E-state index < -0.39 is 14.5 Å². The number of carbonyl (C=O) groups excluding carboxylic acids is 1. The van der Waals surface area contributed by atoms with E-state index >= 15 is 0 Å². The summed E-state index contributed by atoms with van der Waals surface area (Å²) in [5.74, 6) is -0.372. The van der Waals surface area contributed by atoms with Crippen molar-refractivity contribution in [2.75, 3.05) is 19.8 Å². The molecule has 0 aliphatic heterocycles. The van der Waals surface area contributed by atoms with E-state index in [0.29, 0.717) is 26.2 Å². The van der Waals surface area contributed by atoms with Gasteiger partial charge in [0.15, 0.2) is 0 Å². The van der Waals surface area contributed by atoms with Crippen molar-refractivity contribution in [3.63, 3.8) is 0 Å². The highest BCUT2D eigenvalue weighted by molar-refractivity contribution is 6.55. The summed E-state index contributed by atoms with van der Waals surface area (Å²) in [6, 6.07) is 9.85. The van der Waals surface area contributed by atoms with Gasteiger partial charge in [0, 0.05) is 19.8 Å². The molecular formula is C17H28O5Si. The van der Waals surface area contributed by atoms with Gasteiger partial charge in [0.05, 0.1) is 5.41 Å². The van der Waals surface area contributed by atoms with Crippen molar-refractivity contribution in [3.05, 3.63) is 35.9 Å². The van der Waals surface area contributed by atoms with Gasteiger partial charge in [-0.15, -0.1) is 0 Å². The molecule has 1 rings (SSSR count). The Morgan fingerprint density at radius 1 is 0.957 bits per heavy atom. The van der Waals surface area contributed by atoms with E-state index in [1.807, 2.05) is 65.0 Å². The summed E-state index contributed by atoms with van der Waals surface area (Å²) in [6.07, 6.45) is 0.571. The fourth-order valence-electron chi connectivity index (χ4n) is 2.17. The summed E-state index contributed by atoms with van der Waals surface area (Å²) in [7, 11) is -3.44. The third-order valence-corrected chi connectivity index (χ3v) is 5.58. The topological polar surface area (TPSA) is 54.0 Å². The van der Waals surface area contributed by atoms with Gasteiger partial charge in [0.2, 0.25) is 0 Å². The van der Waals surface area contributed by atoms with Gasteiger partial charge in [-0.1, -0.05) is 30.3 Å². The molecule has 0 bridgehead atoms. The van der Waals surface area contributed by atoms with Crippen LogP contribution in [-0.2, 0) is 28.9 Å². The lowest BCUT2D eigenvalue weighted by atomic mass is 9.86. The van der Waals surface area contributed by atoms with E-state index in [0.717, 1.165) is 5.56 Å². The molecular weight excluding hydrogens is 312 g/mol. The minimum atomic E-state index is -3.44. The molecule has 6 heteroatoms. The van der Waals surface area contributed by atoms with Crippen molar-refractivity contribution in [1.82, 2.24) is 0 Å². The average Bonchev–Trinajstić information content (AvgIpc) is 2.48. The molecule has 0 amide bonds. The van der Waals surface area contributed by atoms with Gasteiger partial charge in [0.25, 0.3) is 0 Å². The number of hydrogen-bond donors (Lipinski definition) is 0. The Balaban J connectivity index is 2.86. The van der Waals surface area contributed by atoms with Crippen molar-refractivity contribution < 1.29 is 22.5 Å². The fourth-order valence-corrected chi connectivity index (χ4v) is 4.16. The van der Waals surface area contributed by atoms with Crippen molar-refractivity contribution in [2.24, 2.45) is 5.41 Å². The molecule has 0 aliphatic carbocycles. The second-order valence-electron chi connectivity index (χ2n) is 5.73. The molecule has 0 atom stereocenters. The van der Waals surface area contributed by atoms with Crippen molar-refractivity contribution in [1.29, 1.82) is 0 Å². The SMILES string of the molecule is CCO[Si](OCC)(OCC)OC(=O)C(C)(C)Cc1ccccc1. The lowest BCUT2D eigenvalue weighted by Crippen LogP contribution is -2.52. The van der Waals surface area contributed by atoms with Gasteiger partial charge in [-0.05, 0) is 46.6 Å². The van der Waals surface area contributed by atoms with Crippen molar-refractivity contribution in [2.45, 2.75) is 41.0 Å². The van der Waals surface area contributed by atoms with Crippen LogP contribution in [0.2, 0.25) is 0 Å². The summed E-state index contributed by atoms with van der Waals surface area (Å²) in [4.78, 5) is 12.7. The summed E-state index contributed by atoms with van der Waals surface area (Å²) in [5.41, 5.74) is 0.371. The smallest absolute Gasteiger partial charge is 0.451 e. The molecule has 23 heavy (non-hydrogen) atoms. The van der Waals surface area contributed by atoms with Crippen LogP contribution < -0.4 is 0 Å². The van der Waals surface area contributed by atoms with Crippen LogP contribution in [-0.4, -0.2) is 34.8 Å². The summed E-state index contributed by atoms with van der Waals surface area (Å²) >= 11 is 0. The lowest BCUT2D eigenvalue weighted by Gasteiger charge is -2.30. The minimum Gasteiger partial charge on any atom is -0.451 e. The zero-order valence-corrected chi connectivity index (χ0v) is 15.8. The number of hydrogen-bond acceptors (Lipinski definition) is 5. The molecule has 0 saturated carbocycles. The normalized spacial score (nSPS) is 12.2. The summed E-state index contributed by atoms with van der Waals surface area (Å²) in [5, 5.41) is 0. The quantitative estimate of drug-likeness (QED) is 0.611. The highest BCUT2D eigenvalue weighted by atomic mass is 28.4. The van der Waals surface area contributed by atoms with Crippen LogP contribution >= 0.6 is 0 Å². The monoisotopic (exact) mass is 340 g/mol. The first kappa shape index (κ1) is 19.8. The Hall–Kier alpha value is -1.21. The molecule has 5 nitrogen and oxygen atoms in total. The largest absolute Gasteiger partial charge is 0.751 e. The van der Waals surface area contributed by atoms with Gasteiger partial charge >= 0.3 is 15.0 Å². The van der Waals surface area contributed by atoms with E-state index in [1.54, 1.807) is 0 Å². The Kier molecular flexibility index (Phi) is 7.91. The van der Waals surface area contributed by atoms with Crippen LogP contribution in [0.1, 0.15) is 40.2 Å². The molecule has 0 radical (unpaired) electrons. The standard InChI is InChI=1S/C17H28O5Si/c1-6-19-23(20-7-2,21-8-3)22-16(18)17(4,5)14-15-12-10-9-11-13-15/h9-13H,6-8,14H2,1-5H3. The van der Waals surface area contributed by atoms with Crippen LogP contribution in [0.15, 0.2) is 30.3 Å². The Morgan fingerprint density at radius 3 is 1.87 bits per heavy atom. The van der Waals surface area contributed by atoms with E-state index in [1.165, 1.54) is 0 Å². The zero-order chi connectivity index (χ0) is 17.3. The molecule has 0 fully saturated rings. The van der Waals surface area contributed by atoms with Crippen molar-refractivity contribution >= 4 is 15.0 Å². The first-order valence-corrected chi connectivity index (χ1v) is 9.71. The van der Waals surface area contributed by atoms with Crippen LogP contribution in [0.5, 0.6) is 0 Å². The van der Waals surface area contributed by atoms with Gasteiger partial charge in [-0.3, -0.25) is 4.79 Å². The molecule has 0 heterocycles. The molecule has 0 aromatic heterocycles. The molecule has 1 aromatic carbocycles. The second kappa shape index (κ2) is 9.17. The van der Waals surface area contributed by atoms with Gasteiger partial charge in [0.1, 0.15) is 0 Å². The van der Waals surface area contributed by atoms with Crippen LogP contribution in [0.25, 0.3) is 0 Å². The van der Waals surface area contributed by atoms with Crippen LogP contribution in [0.4, 0.5) is 0 Å². The zero-order valence-electron chi connectivity index (χ0n) is 14.8.